The van der Waals surface area contributed by atoms with Crippen molar-refractivity contribution in [3.8, 4) is 0 Å². The van der Waals surface area contributed by atoms with Gasteiger partial charge in [-0.1, -0.05) is 0 Å². The standard InChI is InChI=1S/C11H17N5O/c1-7-9-10(16(3)15-7)11(12-5-6-17-4)14-8(2)13-9/h5-6H2,1-4H3,(H,12,13,14). The van der Waals surface area contributed by atoms with Crippen LogP contribution in [0, 0.1) is 13.8 Å². The highest BCUT2D eigenvalue weighted by atomic mass is 16.5. The van der Waals surface area contributed by atoms with Gasteiger partial charge in [-0.05, 0) is 13.8 Å². The summed E-state index contributed by atoms with van der Waals surface area (Å²) in [4.78, 5) is 8.83. The van der Waals surface area contributed by atoms with Crippen molar-refractivity contribution in [2.45, 2.75) is 13.8 Å². The van der Waals surface area contributed by atoms with Crippen LogP contribution in [-0.2, 0) is 11.8 Å². The Morgan fingerprint density at radius 1 is 1.29 bits per heavy atom. The van der Waals surface area contributed by atoms with Crippen molar-refractivity contribution in [2.75, 3.05) is 25.6 Å². The number of methoxy groups -OCH3 is 1. The number of anilines is 1. The average Bonchev–Trinajstić information content (AvgIpc) is 2.54. The van der Waals surface area contributed by atoms with Gasteiger partial charge in [0.05, 0.1) is 12.3 Å². The van der Waals surface area contributed by atoms with Gasteiger partial charge < -0.3 is 10.1 Å². The van der Waals surface area contributed by atoms with Crippen molar-refractivity contribution in [2.24, 2.45) is 7.05 Å². The van der Waals surface area contributed by atoms with Crippen molar-refractivity contribution < 1.29 is 4.74 Å². The Morgan fingerprint density at radius 3 is 2.76 bits per heavy atom. The van der Waals surface area contributed by atoms with Gasteiger partial charge in [0.25, 0.3) is 0 Å². The first kappa shape index (κ1) is 11.8. The number of aryl methyl sites for hydroxylation is 3. The normalized spacial score (nSPS) is 11.1. The molecule has 0 aliphatic rings. The molecule has 0 aliphatic carbocycles. The Kier molecular flexibility index (Phi) is 3.23. The van der Waals surface area contributed by atoms with Gasteiger partial charge >= 0.3 is 0 Å². The van der Waals surface area contributed by atoms with Crippen LogP contribution >= 0.6 is 0 Å². The van der Waals surface area contributed by atoms with Gasteiger partial charge in [0.15, 0.2) is 5.82 Å². The van der Waals surface area contributed by atoms with Crippen LogP contribution in [0.1, 0.15) is 11.5 Å². The molecule has 2 aromatic heterocycles. The lowest BCUT2D eigenvalue weighted by Gasteiger charge is -2.07. The van der Waals surface area contributed by atoms with Gasteiger partial charge in [-0.2, -0.15) is 5.10 Å². The molecule has 17 heavy (non-hydrogen) atoms. The van der Waals surface area contributed by atoms with E-state index in [9.17, 15) is 0 Å². The van der Waals surface area contributed by atoms with E-state index in [1.54, 1.807) is 11.8 Å². The van der Waals surface area contributed by atoms with Crippen molar-refractivity contribution in [3.05, 3.63) is 11.5 Å². The fraction of sp³-hybridized carbons (Fsp3) is 0.545. The third-order valence-corrected chi connectivity index (χ3v) is 2.56. The fourth-order valence-electron chi connectivity index (χ4n) is 1.84. The minimum Gasteiger partial charge on any atom is -0.383 e. The van der Waals surface area contributed by atoms with Crippen LogP contribution in [0.2, 0.25) is 0 Å². The summed E-state index contributed by atoms with van der Waals surface area (Å²) >= 11 is 0. The first-order chi connectivity index (χ1) is 8.13. The van der Waals surface area contributed by atoms with Crippen molar-refractivity contribution in [3.63, 3.8) is 0 Å². The Balaban J connectivity index is 2.45. The third-order valence-electron chi connectivity index (χ3n) is 2.56. The molecule has 0 spiro atoms. The summed E-state index contributed by atoms with van der Waals surface area (Å²) in [5.41, 5.74) is 2.76. The Hall–Kier alpha value is -1.69. The minimum absolute atomic E-state index is 0.640. The minimum atomic E-state index is 0.640. The second-order valence-corrected chi connectivity index (χ2v) is 3.95. The highest BCUT2D eigenvalue weighted by Gasteiger charge is 2.12. The molecule has 0 aliphatic heterocycles. The molecule has 92 valence electrons. The summed E-state index contributed by atoms with van der Waals surface area (Å²) in [6, 6.07) is 0. The number of rotatable bonds is 4. The zero-order valence-corrected chi connectivity index (χ0v) is 10.6. The van der Waals surface area contributed by atoms with Gasteiger partial charge in [0.2, 0.25) is 0 Å². The topological polar surface area (TPSA) is 64.9 Å². The molecule has 0 atom stereocenters. The maximum Gasteiger partial charge on any atom is 0.156 e. The quantitative estimate of drug-likeness (QED) is 0.802. The van der Waals surface area contributed by atoms with E-state index in [0.29, 0.717) is 13.2 Å². The van der Waals surface area contributed by atoms with Crippen LogP contribution < -0.4 is 5.32 Å². The van der Waals surface area contributed by atoms with Crippen LogP contribution in [0.3, 0.4) is 0 Å². The Bertz CT molecular complexity index is 534. The molecular formula is C11H17N5O. The van der Waals surface area contributed by atoms with E-state index in [0.717, 1.165) is 28.4 Å². The van der Waals surface area contributed by atoms with Crippen LogP contribution in [0.4, 0.5) is 5.82 Å². The number of nitrogens with one attached hydrogen (secondary N) is 1. The number of hydrogen-bond donors (Lipinski definition) is 1. The van der Waals surface area contributed by atoms with Crippen molar-refractivity contribution in [1.29, 1.82) is 0 Å². The fourth-order valence-corrected chi connectivity index (χ4v) is 1.84. The molecule has 0 saturated carbocycles. The van der Waals surface area contributed by atoms with Crippen LogP contribution in [-0.4, -0.2) is 40.0 Å². The van der Waals surface area contributed by atoms with Crippen molar-refractivity contribution >= 4 is 16.9 Å². The van der Waals surface area contributed by atoms with Gasteiger partial charge in [-0.3, -0.25) is 4.68 Å². The van der Waals surface area contributed by atoms with Gasteiger partial charge in [-0.25, -0.2) is 9.97 Å². The number of fused-ring (bicyclic) bond motifs is 1. The van der Waals surface area contributed by atoms with E-state index in [2.05, 4.69) is 20.4 Å². The van der Waals surface area contributed by atoms with Crippen LogP contribution in [0.5, 0.6) is 0 Å². The molecule has 0 amide bonds. The number of aromatic nitrogens is 4. The first-order valence-corrected chi connectivity index (χ1v) is 5.54. The molecule has 1 N–H and O–H groups in total. The summed E-state index contributed by atoms with van der Waals surface area (Å²) in [5, 5.41) is 7.61. The van der Waals surface area contributed by atoms with Crippen molar-refractivity contribution in [1.82, 2.24) is 19.7 Å². The predicted octanol–water partition coefficient (Wildman–Crippen LogP) is 1.04. The molecule has 0 radical (unpaired) electrons. The van der Waals surface area contributed by atoms with E-state index in [4.69, 9.17) is 4.74 Å². The number of nitrogens with zero attached hydrogens (tertiary/aromatic N) is 4. The first-order valence-electron chi connectivity index (χ1n) is 5.54. The maximum absolute atomic E-state index is 5.01. The van der Waals surface area contributed by atoms with Crippen LogP contribution in [0.25, 0.3) is 11.0 Å². The molecule has 2 heterocycles. The zero-order chi connectivity index (χ0) is 12.4. The van der Waals surface area contributed by atoms with Gasteiger partial charge in [0.1, 0.15) is 16.9 Å². The monoisotopic (exact) mass is 235 g/mol. The molecule has 0 bridgehead atoms. The van der Waals surface area contributed by atoms with Gasteiger partial charge in [0, 0.05) is 20.7 Å². The van der Waals surface area contributed by atoms with Gasteiger partial charge in [-0.15, -0.1) is 0 Å². The molecule has 0 saturated heterocycles. The molecule has 2 aromatic rings. The highest BCUT2D eigenvalue weighted by Crippen LogP contribution is 2.21. The summed E-state index contributed by atoms with van der Waals surface area (Å²) in [5.74, 6) is 1.56. The lowest BCUT2D eigenvalue weighted by molar-refractivity contribution is 0.210. The Morgan fingerprint density at radius 2 is 2.06 bits per heavy atom. The summed E-state index contributed by atoms with van der Waals surface area (Å²) in [6.07, 6.45) is 0. The Labute approximate surface area is 100 Å². The highest BCUT2D eigenvalue weighted by molar-refractivity contribution is 5.87. The lowest BCUT2D eigenvalue weighted by atomic mass is 10.3. The molecule has 0 aromatic carbocycles. The molecular weight excluding hydrogens is 218 g/mol. The number of hydrogen-bond acceptors (Lipinski definition) is 5. The lowest BCUT2D eigenvalue weighted by Crippen LogP contribution is -2.11. The average molecular weight is 235 g/mol. The predicted molar refractivity (Wildman–Crippen MR) is 66.1 cm³/mol. The van der Waals surface area contributed by atoms with E-state index in [1.807, 2.05) is 20.9 Å². The second-order valence-electron chi connectivity index (χ2n) is 3.95. The van der Waals surface area contributed by atoms with E-state index in [1.165, 1.54) is 0 Å². The smallest absolute Gasteiger partial charge is 0.156 e. The third kappa shape index (κ3) is 2.21. The second kappa shape index (κ2) is 4.67. The SMILES string of the molecule is COCCNc1nc(C)nc2c(C)nn(C)c12. The summed E-state index contributed by atoms with van der Waals surface area (Å²) < 4.78 is 6.82. The van der Waals surface area contributed by atoms with E-state index < -0.39 is 0 Å². The molecule has 0 unspecified atom stereocenters. The summed E-state index contributed by atoms with van der Waals surface area (Å²) in [7, 11) is 3.58. The van der Waals surface area contributed by atoms with E-state index >= 15 is 0 Å². The molecule has 2 rings (SSSR count). The molecule has 6 heteroatoms. The molecule has 0 fully saturated rings. The maximum atomic E-state index is 5.01. The van der Waals surface area contributed by atoms with E-state index in [-0.39, 0.29) is 0 Å². The summed E-state index contributed by atoms with van der Waals surface area (Å²) in [6.45, 7) is 5.19. The largest absolute Gasteiger partial charge is 0.383 e. The zero-order valence-electron chi connectivity index (χ0n) is 10.6. The number of ether oxygens (including phenoxy) is 1. The molecule has 6 nitrogen and oxygen atoms in total. The van der Waals surface area contributed by atoms with Crippen LogP contribution in [0.15, 0.2) is 0 Å².